The number of rotatable bonds is 4. The summed E-state index contributed by atoms with van der Waals surface area (Å²) in [7, 11) is 0. The number of nitrogens with zero attached hydrogens (tertiary/aromatic N) is 5. The predicted octanol–water partition coefficient (Wildman–Crippen LogP) is 1.36. The molecule has 166 valence electrons. The Morgan fingerprint density at radius 2 is 1.84 bits per heavy atom. The van der Waals surface area contributed by atoms with Crippen molar-refractivity contribution >= 4 is 17.4 Å². The minimum Gasteiger partial charge on any atom is -0.376 e. The van der Waals surface area contributed by atoms with Crippen LogP contribution in [0.3, 0.4) is 0 Å². The smallest absolute Gasteiger partial charge is 0.376 e. The molecule has 31 heavy (non-hydrogen) atoms. The zero-order valence-electron chi connectivity index (χ0n) is 17.2. The topological polar surface area (TPSA) is 105 Å². The number of morpholine rings is 1. The van der Waals surface area contributed by atoms with Crippen LogP contribution in [0.1, 0.15) is 17.8 Å². The molecule has 3 aromatic rings. The third-order valence-electron chi connectivity index (χ3n) is 5.09. The van der Waals surface area contributed by atoms with Crippen molar-refractivity contribution in [1.82, 2.24) is 19.2 Å². The van der Waals surface area contributed by atoms with Crippen LogP contribution in [0.5, 0.6) is 0 Å². The summed E-state index contributed by atoms with van der Waals surface area (Å²) in [6, 6.07) is 3.69. The maximum atomic E-state index is 12.8. The summed E-state index contributed by atoms with van der Waals surface area (Å²) in [6.45, 7) is 5.29. The van der Waals surface area contributed by atoms with Crippen molar-refractivity contribution in [1.29, 1.82) is 0 Å². The number of ether oxygens (including phenoxy) is 1. The normalized spacial score (nSPS) is 15.1. The van der Waals surface area contributed by atoms with Gasteiger partial charge in [0.2, 0.25) is 11.5 Å². The molecule has 1 aliphatic rings. The number of pyridine rings is 1. The van der Waals surface area contributed by atoms with Gasteiger partial charge in [-0.25, -0.2) is 14.5 Å². The van der Waals surface area contributed by atoms with Crippen LogP contribution >= 0.6 is 0 Å². The fraction of sp³-hybridized carbons (Fsp3) is 0.474. The minimum atomic E-state index is -4.41. The Balaban J connectivity index is 1.97. The maximum absolute atomic E-state index is 12.8. The van der Waals surface area contributed by atoms with Gasteiger partial charge in [-0.15, -0.1) is 9.50 Å². The molecule has 4 rings (SSSR count). The molecule has 0 atom stereocenters. The number of fused-ring (bicyclic) bond motifs is 1. The molecular weight excluding hydrogens is 415 g/mol. The number of nitrogen functional groups attached to an aromatic ring is 1. The van der Waals surface area contributed by atoms with Crippen molar-refractivity contribution in [3.8, 4) is 11.1 Å². The Morgan fingerprint density at radius 3 is 2.45 bits per heavy atom. The molecule has 12 heteroatoms. The Kier molecular flexibility index (Phi) is 5.33. The average Bonchev–Trinajstić information content (AvgIpc) is 3.02. The van der Waals surface area contributed by atoms with Crippen molar-refractivity contribution in [2.75, 3.05) is 36.9 Å². The van der Waals surface area contributed by atoms with Crippen LogP contribution < -0.4 is 21.3 Å². The molecule has 0 aromatic carbocycles. The summed E-state index contributed by atoms with van der Waals surface area (Å²) < 4.78 is 45.6. The van der Waals surface area contributed by atoms with Crippen LogP contribution in [-0.4, -0.2) is 51.6 Å². The monoisotopic (exact) mass is 438 g/mol. The molecule has 3 aromatic heterocycles. The number of aromatic nitrogens is 5. The number of hydrogen-bond donors (Lipinski definition) is 1. The first-order valence-corrected chi connectivity index (χ1v) is 9.83. The molecule has 3 N–H and O–H groups in total. The molecule has 1 saturated heterocycles. The lowest BCUT2D eigenvalue weighted by molar-refractivity contribution is -0.351. The van der Waals surface area contributed by atoms with E-state index >= 15 is 0 Å². The predicted molar refractivity (Wildman–Crippen MR) is 107 cm³/mol. The largest absolute Gasteiger partial charge is 0.396 e. The van der Waals surface area contributed by atoms with Gasteiger partial charge in [0.1, 0.15) is 5.56 Å². The highest BCUT2D eigenvalue weighted by atomic mass is 19.4. The molecule has 9 nitrogen and oxygen atoms in total. The first kappa shape index (κ1) is 21.1. The van der Waals surface area contributed by atoms with Gasteiger partial charge in [-0.1, -0.05) is 0 Å². The van der Waals surface area contributed by atoms with Crippen molar-refractivity contribution in [2.45, 2.75) is 33.0 Å². The maximum Gasteiger partial charge on any atom is 0.396 e. The van der Waals surface area contributed by atoms with E-state index in [0.717, 1.165) is 26.0 Å². The van der Waals surface area contributed by atoms with Gasteiger partial charge in [0, 0.05) is 11.4 Å². The molecule has 4 heterocycles. The van der Waals surface area contributed by atoms with Crippen molar-refractivity contribution in [2.24, 2.45) is 0 Å². The zero-order valence-corrected chi connectivity index (χ0v) is 17.2. The van der Waals surface area contributed by atoms with E-state index in [9.17, 15) is 18.0 Å². The number of H-pyrrole nitrogens is 1. The fourth-order valence-electron chi connectivity index (χ4n) is 3.78. The number of nitrogens with two attached hydrogens (primary N) is 1. The molecule has 0 amide bonds. The van der Waals surface area contributed by atoms with Gasteiger partial charge in [0.25, 0.3) is 0 Å². The molecule has 0 bridgehead atoms. The molecule has 0 spiro atoms. The number of anilines is 2. The van der Waals surface area contributed by atoms with Crippen LogP contribution in [0.2, 0.25) is 0 Å². The van der Waals surface area contributed by atoms with E-state index in [2.05, 4.69) is 15.1 Å². The summed E-state index contributed by atoms with van der Waals surface area (Å²) in [5.41, 5.74) is 8.42. The lowest BCUT2D eigenvalue weighted by Crippen LogP contribution is -2.41. The highest BCUT2D eigenvalue weighted by Gasteiger charge is 2.31. The van der Waals surface area contributed by atoms with E-state index in [-0.39, 0.29) is 11.6 Å². The highest BCUT2D eigenvalue weighted by molar-refractivity contribution is 5.86. The quantitative estimate of drug-likeness (QED) is 0.660. The molecule has 0 saturated carbocycles. The fourth-order valence-corrected chi connectivity index (χ4v) is 3.78. The first-order chi connectivity index (χ1) is 14.6. The van der Waals surface area contributed by atoms with Gasteiger partial charge in [0.15, 0.2) is 0 Å². The molecule has 0 aliphatic carbocycles. The van der Waals surface area contributed by atoms with Gasteiger partial charge in [-0.2, -0.15) is 13.2 Å². The van der Waals surface area contributed by atoms with E-state index in [1.54, 1.807) is 0 Å². The van der Waals surface area contributed by atoms with Gasteiger partial charge in [-0.05, 0) is 31.5 Å². The first-order valence-electron chi connectivity index (χ1n) is 9.83. The van der Waals surface area contributed by atoms with Crippen LogP contribution in [0.25, 0.3) is 16.8 Å². The molecule has 0 radical (unpaired) electrons. The Hall–Kier alpha value is -3.15. The SMILES string of the molecule is Cc1cc(-c2c(N3CCOCC3)[nH+]c(N)n3c(=O)n(CCC(F)(F)F)nc23)cc(C)n1. The highest BCUT2D eigenvalue weighted by Crippen LogP contribution is 2.32. The Morgan fingerprint density at radius 1 is 1.19 bits per heavy atom. The van der Waals surface area contributed by atoms with Gasteiger partial charge in [-0.3, -0.25) is 4.98 Å². The van der Waals surface area contributed by atoms with Crippen LogP contribution in [0.15, 0.2) is 16.9 Å². The second-order valence-electron chi connectivity index (χ2n) is 7.50. The number of alkyl halides is 3. The third-order valence-corrected chi connectivity index (χ3v) is 5.09. The van der Waals surface area contributed by atoms with Crippen molar-refractivity contribution < 1.29 is 22.9 Å². The van der Waals surface area contributed by atoms with E-state index in [1.807, 2.05) is 30.9 Å². The standard InChI is InChI=1S/C19H22F3N7O2/c1-11-9-13(10-12(2)24-11)14-15(27-5-7-31-8-6-27)25-17(23)29-16(14)26-28(18(29)30)4-3-19(20,21)22/h9-10H,3-8H2,1-2H3,(H2,23,25)/p+1. The molecule has 1 aliphatic heterocycles. The lowest BCUT2D eigenvalue weighted by Gasteiger charge is -2.26. The second kappa shape index (κ2) is 7.84. The zero-order chi connectivity index (χ0) is 22.3. The Bertz CT molecular complexity index is 1160. The third kappa shape index (κ3) is 4.20. The van der Waals surface area contributed by atoms with Crippen LogP contribution in [-0.2, 0) is 11.3 Å². The number of aryl methyl sites for hydroxylation is 3. The molecule has 1 fully saturated rings. The van der Waals surface area contributed by atoms with E-state index < -0.39 is 24.8 Å². The minimum absolute atomic E-state index is 0.00833. The van der Waals surface area contributed by atoms with Crippen LogP contribution in [0.4, 0.5) is 24.9 Å². The molecular formula is C19H23F3N7O2+. The summed E-state index contributed by atoms with van der Waals surface area (Å²) in [5.74, 6) is 0.622. The number of hydrogen-bond acceptors (Lipinski definition) is 6. The number of halogens is 3. The van der Waals surface area contributed by atoms with E-state index in [1.165, 1.54) is 0 Å². The summed E-state index contributed by atoms with van der Waals surface area (Å²) in [6.07, 6.45) is -5.58. The summed E-state index contributed by atoms with van der Waals surface area (Å²) in [5, 5.41) is 4.26. The summed E-state index contributed by atoms with van der Waals surface area (Å²) in [4.78, 5) is 22.3. The van der Waals surface area contributed by atoms with Gasteiger partial charge in [0.05, 0.1) is 39.3 Å². The van der Waals surface area contributed by atoms with Crippen molar-refractivity contribution in [3.63, 3.8) is 0 Å². The Labute approximate surface area is 175 Å². The lowest BCUT2D eigenvalue weighted by atomic mass is 10.1. The van der Waals surface area contributed by atoms with E-state index in [0.29, 0.717) is 37.7 Å². The van der Waals surface area contributed by atoms with Gasteiger partial charge < -0.3 is 15.4 Å². The summed E-state index contributed by atoms with van der Waals surface area (Å²) >= 11 is 0. The second-order valence-corrected chi connectivity index (χ2v) is 7.50. The van der Waals surface area contributed by atoms with E-state index in [4.69, 9.17) is 10.5 Å². The number of nitrogens with one attached hydrogen (secondary N) is 1. The van der Waals surface area contributed by atoms with Crippen molar-refractivity contribution in [3.05, 3.63) is 34.0 Å². The molecule has 0 unspecified atom stereocenters. The van der Waals surface area contributed by atoms with Gasteiger partial charge >= 0.3 is 17.8 Å². The average molecular weight is 438 g/mol. The van der Waals surface area contributed by atoms with Crippen LogP contribution in [0, 0.1) is 13.8 Å². The number of aromatic amines is 1.